The number of benzene rings is 1. The first-order chi connectivity index (χ1) is 11.7. The van der Waals surface area contributed by atoms with Gasteiger partial charge in [-0.25, -0.2) is 0 Å². The van der Waals surface area contributed by atoms with Crippen LogP contribution >= 0.6 is 11.6 Å². The van der Waals surface area contributed by atoms with Crippen LogP contribution in [-0.4, -0.2) is 22.8 Å². The molecule has 2 N–H and O–H groups in total. The summed E-state index contributed by atoms with van der Waals surface area (Å²) in [6.07, 6.45) is -3.17. The quantitative estimate of drug-likeness (QED) is 0.637. The van der Waals surface area contributed by atoms with E-state index in [0.717, 1.165) is 10.2 Å². The van der Waals surface area contributed by atoms with Gasteiger partial charge in [-0.15, -0.1) is 0 Å². The monoisotopic (exact) mass is 373 g/mol. The molecule has 0 aliphatic carbocycles. The molecule has 1 aromatic carbocycles. The molecule has 0 aliphatic rings. The standard InChI is InChI=1S/C16H19ClF3N5/c1-10(12-6-4-5-7-13(12)17)23-15(21-2)22-8-11-9-25(3)24-14(11)16(18,19)20/h4-7,9-10H,8H2,1-3H3,(H2,21,22,23). The third-order valence-electron chi connectivity index (χ3n) is 3.57. The van der Waals surface area contributed by atoms with E-state index in [1.54, 1.807) is 13.1 Å². The Labute approximate surface area is 148 Å². The molecule has 136 valence electrons. The van der Waals surface area contributed by atoms with Gasteiger partial charge >= 0.3 is 6.18 Å². The number of hydrogen-bond donors (Lipinski definition) is 2. The lowest BCUT2D eigenvalue weighted by Gasteiger charge is -2.19. The number of guanidine groups is 1. The Morgan fingerprint density at radius 1 is 1.36 bits per heavy atom. The molecule has 0 bridgehead atoms. The lowest BCUT2D eigenvalue weighted by Crippen LogP contribution is -2.38. The van der Waals surface area contributed by atoms with Crippen molar-refractivity contribution in [2.45, 2.75) is 25.7 Å². The fraction of sp³-hybridized carbons (Fsp3) is 0.375. The van der Waals surface area contributed by atoms with Crippen LogP contribution in [0.2, 0.25) is 5.02 Å². The Balaban J connectivity index is 2.06. The minimum atomic E-state index is -4.50. The van der Waals surface area contributed by atoms with Crippen molar-refractivity contribution >= 4 is 17.6 Å². The summed E-state index contributed by atoms with van der Waals surface area (Å²) in [6.45, 7) is 1.83. The molecule has 25 heavy (non-hydrogen) atoms. The Morgan fingerprint density at radius 2 is 2.04 bits per heavy atom. The summed E-state index contributed by atoms with van der Waals surface area (Å²) in [4.78, 5) is 4.04. The van der Waals surface area contributed by atoms with Crippen LogP contribution in [0, 0.1) is 0 Å². The van der Waals surface area contributed by atoms with Crippen LogP contribution in [0.25, 0.3) is 0 Å². The van der Waals surface area contributed by atoms with Gasteiger partial charge in [0.25, 0.3) is 0 Å². The first kappa shape index (κ1) is 19.1. The first-order valence-corrected chi connectivity index (χ1v) is 7.91. The van der Waals surface area contributed by atoms with E-state index >= 15 is 0 Å². The summed E-state index contributed by atoms with van der Waals surface area (Å²) in [5.74, 6) is 0.365. The average Bonchev–Trinajstić information content (AvgIpc) is 2.92. The van der Waals surface area contributed by atoms with E-state index < -0.39 is 11.9 Å². The fourth-order valence-electron chi connectivity index (χ4n) is 2.39. The zero-order chi connectivity index (χ0) is 18.6. The van der Waals surface area contributed by atoms with Gasteiger partial charge in [-0.3, -0.25) is 9.67 Å². The van der Waals surface area contributed by atoms with Crippen LogP contribution in [-0.2, 0) is 19.8 Å². The Bertz CT molecular complexity index is 754. The van der Waals surface area contributed by atoms with Crippen molar-refractivity contribution in [1.29, 1.82) is 0 Å². The summed E-state index contributed by atoms with van der Waals surface area (Å²) < 4.78 is 40.1. The highest BCUT2D eigenvalue weighted by Gasteiger charge is 2.36. The highest BCUT2D eigenvalue weighted by Crippen LogP contribution is 2.30. The van der Waals surface area contributed by atoms with E-state index in [-0.39, 0.29) is 18.2 Å². The van der Waals surface area contributed by atoms with E-state index in [1.807, 2.05) is 25.1 Å². The third kappa shape index (κ3) is 4.88. The minimum Gasteiger partial charge on any atom is -0.352 e. The molecule has 0 amide bonds. The Hall–Kier alpha value is -2.22. The van der Waals surface area contributed by atoms with E-state index in [4.69, 9.17) is 11.6 Å². The molecule has 0 saturated heterocycles. The van der Waals surface area contributed by atoms with Crippen LogP contribution in [0.4, 0.5) is 13.2 Å². The molecule has 9 heteroatoms. The molecule has 0 aliphatic heterocycles. The second-order valence-electron chi connectivity index (χ2n) is 5.49. The van der Waals surface area contributed by atoms with Crippen molar-refractivity contribution in [3.63, 3.8) is 0 Å². The van der Waals surface area contributed by atoms with Gasteiger partial charge in [0.2, 0.25) is 0 Å². The molecule has 2 rings (SSSR count). The third-order valence-corrected chi connectivity index (χ3v) is 3.91. The van der Waals surface area contributed by atoms with Crippen LogP contribution in [0.3, 0.4) is 0 Å². The molecule has 1 heterocycles. The number of aromatic nitrogens is 2. The molecule has 1 atom stereocenters. The number of halogens is 4. The van der Waals surface area contributed by atoms with Gasteiger partial charge in [0.1, 0.15) is 0 Å². The number of alkyl halides is 3. The van der Waals surface area contributed by atoms with Crippen molar-refractivity contribution in [3.8, 4) is 0 Å². The Morgan fingerprint density at radius 3 is 2.64 bits per heavy atom. The van der Waals surface area contributed by atoms with Gasteiger partial charge in [-0.2, -0.15) is 18.3 Å². The normalized spacial score (nSPS) is 13.6. The van der Waals surface area contributed by atoms with Crippen molar-refractivity contribution in [1.82, 2.24) is 20.4 Å². The van der Waals surface area contributed by atoms with Crippen molar-refractivity contribution < 1.29 is 13.2 Å². The SMILES string of the molecule is CN=C(NCc1cn(C)nc1C(F)(F)F)NC(C)c1ccccc1Cl. The van der Waals surface area contributed by atoms with Crippen LogP contribution in [0.15, 0.2) is 35.5 Å². The second kappa shape index (κ2) is 7.77. The smallest absolute Gasteiger partial charge is 0.352 e. The molecule has 5 nitrogen and oxygen atoms in total. The van der Waals surface area contributed by atoms with E-state index in [0.29, 0.717) is 11.0 Å². The average molecular weight is 374 g/mol. The maximum Gasteiger partial charge on any atom is 0.435 e. The van der Waals surface area contributed by atoms with Crippen LogP contribution in [0.5, 0.6) is 0 Å². The van der Waals surface area contributed by atoms with Gasteiger partial charge in [0, 0.05) is 37.4 Å². The number of rotatable bonds is 4. The predicted octanol–water partition coefficient (Wildman–Crippen LogP) is 3.52. The molecular weight excluding hydrogens is 355 g/mol. The van der Waals surface area contributed by atoms with E-state index in [9.17, 15) is 13.2 Å². The van der Waals surface area contributed by atoms with Crippen LogP contribution in [0.1, 0.15) is 29.8 Å². The van der Waals surface area contributed by atoms with E-state index in [2.05, 4.69) is 20.7 Å². The van der Waals surface area contributed by atoms with Gasteiger partial charge in [0.05, 0.1) is 6.04 Å². The lowest BCUT2D eigenvalue weighted by molar-refractivity contribution is -0.142. The van der Waals surface area contributed by atoms with Gasteiger partial charge in [0.15, 0.2) is 11.7 Å². The molecule has 0 fully saturated rings. The highest BCUT2D eigenvalue weighted by molar-refractivity contribution is 6.31. The molecule has 0 spiro atoms. The molecular formula is C16H19ClF3N5. The molecule has 1 unspecified atom stereocenters. The number of aryl methyl sites for hydroxylation is 1. The van der Waals surface area contributed by atoms with Crippen molar-refractivity contribution in [2.75, 3.05) is 7.05 Å². The number of aliphatic imine (C=N–C) groups is 1. The second-order valence-corrected chi connectivity index (χ2v) is 5.89. The molecule has 2 aromatic rings. The molecule has 0 radical (unpaired) electrons. The summed E-state index contributed by atoms with van der Waals surface area (Å²) in [5.41, 5.74) is 0.00456. The topological polar surface area (TPSA) is 54.2 Å². The summed E-state index contributed by atoms with van der Waals surface area (Å²) in [6, 6.07) is 7.16. The van der Waals surface area contributed by atoms with Crippen molar-refractivity contribution in [3.05, 3.63) is 52.3 Å². The Kier molecular flexibility index (Phi) is 5.94. The maximum absolute atomic E-state index is 13.0. The minimum absolute atomic E-state index is 0.0448. The predicted molar refractivity (Wildman–Crippen MR) is 91.4 cm³/mol. The zero-order valence-corrected chi connectivity index (χ0v) is 14.8. The van der Waals surface area contributed by atoms with Gasteiger partial charge < -0.3 is 10.6 Å². The number of hydrogen-bond acceptors (Lipinski definition) is 2. The summed E-state index contributed by atoms with van der Waals surface area (Å²) in [5, 5.41) is 10.1. The van der Waals surface area contributed by atoms with Gasteiger partial charge in [-0.05, 0) is 18.6 Å². The molecule has 0 saturated carbocycles. The first-order valence-electron chi connectivity index (χ1n) is 7.53. The van der Waals surface area contributed by atoms with Crippen LogP contribution < -0.4 is 10.6 Å². The number of nitrogens with zero attached hydrogens (tertiary/aromatic N) is 3. The van der Waals surface area contributed by atoms with Crippen molar-refractivity contribution in [2.24, 2.45) is 12.0 Å². The summed E-state index contributed by atoms with van der Waals surface area (Å²) in [7, 11) is 2.99. The highest BCUT2D eigenvalue weighted by atomic mass is 35.5. The summed E-state index contributed by atoms with van der Waals surface area (Å²) >= 11 is 6.16. The van der Waals surface area contributed by atoms with E-state index in [1.165, 1.54) is 13.2 Å². The van der Waals surface area contributed by atoms with Gasteiger partial charge in [-0.1, -0.05) is 29.8 Å². The molecule has 1 aromatic heterocycles. The zero-order valence-electron chi connectivity index (χ0n) is 14.0. The maximum atomic E-state index is 13.0. The lowest BCUT2D eigenvalue weighted by atomic mass is 10.1. The fourth-order valence-corrected chi connectivity index (χ4v) is 2.69. The largest absolute Gasteiger partial charge is 0.435 e. The number of nitrogens with one attached hydrogen (secondary N) is 2.